The number of anilines is 1. The van der Waals surface area contributed by atoms with E-state index in [-0.39, 0.29) is 23.8 Å². The third-order valence-electron chi connectivity index (χ3n) is 5.59. The summed E-state index contributed by atoms with van der Waals surface area (Å²) in [5.74, 6) is -1.59. The molecule has 186 valence electrons. The molecule has 0 aliphatic rings. The molecule has 0 aliphatic carbocycles. The first-order chi connectivity index (χ1) is 15.8. The number of rotatable bonds is 10. The summed E-state index contributed by atoms with van der Waals surface area (Å²) >= 11 is 6.08. The first-order valence-corrected chi connectivity index (χ1v) is 13.1. The van der Waals surface area contributed by atoms with Gasteiger partial charge in [0.15, 0.2) is 0 Å². The fraction of sp³-hybridized carbons (Fsp3) is 0.417. The van der Waals surface area contributed by atoms with Gasteiger partial charge in [0.2, 0.25) is 21.8 Å². The van der Waals surface area contributed by atoms with Gasteiger partial charge in [0, 0.05) is 23.2 Å². The molecule has 0 bridgehead atoms. The van der Waals surface area contributed by atoms with Gasteiger partial charge < -0.3 is 10.2 Å². The summed E-state index contributed by atoms with van der Waals surface area (Å²) in [6, 6.07) is 9.58. The molecule has 2 rings (SSSR count). The number of hydrogen-bond donors (Lipinski definition) is 1. The van der Waals surface area contributed by atoms with Gasteiger partial charge in [0.05, 0.1) is 11.9 Å². The minimum atomic E-state index is -3.88. The smallest absolute Gasteiger partial charge is 0.244 e. The largest absolute Gasteiger partial charge is 0.352 e. The maximum Gasteiger partial charge on any atom is 0.244 e. The lowest BCUT2D eigenvalue weighted by atomic mass is 10.1. The summed E-state index contributed by atoms with van der Waals surface area (Å²) in [6.45, 7) is 6.21. The van der Waals surface area contributed by atoms with E-state index in [1.54, 1.807) is 25.1 Å². The van der Waals surface area contributed by atoms with Crippen LogP contribution < -0.4 is 9.62 Å². The fourth-order valence-corrected chi connectivity index (χ4v) is 4.37. The number of carbonyl (C=O) groups is 2. The molecule has 1 N–H and O–H groups in total. The van der Waals surface area contributed by atoms with Crippen LogP contribution >= 0.6 is 11.6 Å². The monoisotopic (exact) mass is 511 g/mol. The first kappa shape index (κ1) is 27.6. The predicted octanol–water partition coefficient (Wildman–Crippen LogP) is 3.89. The van der Waals surface area contributed by atoms with Crippen molar-refractivity contribution in [2.24, 2.45) is 0 Å². The van der Waals surface area contributed by atoms with Gasteiger partial charge in [-0.2, -0.15) is 0 Å². The zero-order chi connectivity index (χ0) is 25.6. The maximum atomic E-state index is 14.4. The second kappa shape index (κ2) is 11.7. The number of nitrogens with one attached hydrogen (secondary N) is 1. The molecule has 7 nitrogen and oxygen atoms in total. The summed E-state index contributed by atoms with van der Waals surface area (Å²) in [6.07, 6.45) is 1.68. The number of nitrogens with zero attached hydrogens (tertiary/aromatic N) is 2. The van der Waals surface area contributed by atoms with Crippen molar-refractivity contribution in [2.75, 3.05) is 17.1 Å². The van der Waals surface area contributed by atoms with E-state index in [2.05, 4.69) is 5.32 Å². The van der Waals surface area contributed by atoms with Crippen LogP contribution in [0.4, 0.5) is 10.1 Å². The Morgan fingerprint density at radius 1 is 1.15 bits per heavy atom. The standard InChI is InChI=1S/C24H31ClFN3O4S/c1-6-17(3)27-24(31)18(4)28(14-19-9-7-8-10-21(19)26)23(30)15-29(34(5,32)33)22-13-20(25)12-11-16(22)2/h7-13,17-18H,6,14-15H2,1-5H3,(H,27,31)/t17-,18-/m1/s1. The molecule has 0 aliphatic heterocycles. The number of amides is 2. The molecule has 2 atom stereocenters. The lowest BCUT2D eigenvalue weighted by Gasteiger charge is -2.32. The number of halogens is 2. The zero-order valence-corrected chi connectivity index (χ0v) is 21.6. The minimum absolute atomic E-state index is 0.123. The highest BCUT2D eigenvalue weighted by molar-refractivity contribution is 7.92. The number of hydrogen-bond acceptors (Lipinski definition) is 4. The minimum Gasteiger partial charge on any atom is -0.352 e. The molecule has 0 radical (unpaired) electrons. The molecule has 2 amide bonds. The van der Waals surface area contributed by atoms with Crippen molar-refractivity contribution >= 4 is 39.1 Å². The Hall–Kier alpha value is -2.65. The Morgan fingerprint density at radius 2 is 1.79 bits per heavy atom. The summed E-state index contributed by atoms with van der Waals surface area (Å²) in [5.41, 5.74) is 1.07. The molecule has 34 heavy (non-hydrogen) atoms. The number of aryl methyl sites for hydroxylation is 1. The Labute approximate surface area is 205 Å². The first-order valence-electron chi connectivity index (χ1n) is 10.9. The van der Waals surface area contributed by atoms with Crippen LogP contribution in [0.1, 0.15) is 38.3 Å². The van der Waals surface area contributed by atoms with Gasteiger partial charge in [-0.3, -0.25) is 13.9 Å². The van der Waals surface area contributed by atoms with Gasteiger partial charge in [0.1, 0.15) is 18.4 Å². The van der Waals surface area contributed by atoms with Crippen molar-refractivity contribution in [3.05, 3.63) is 64.4 Å². The highest BCUT2D eigenvalue weighted by Gasteiger charge is 2.31. The van der Waals surface area contributed by atoms with Crippen LogP contribution in [-0.2, 0) is 26.2 Å². The number of carbonyl (C=O) groups excluding carboxylic acids is 2. The lowest BCUT2D eigenvalue weighted by Crippen LogP contribution is -2.52. The highest BCUT2D eigenvalue weighted by atomic mass is 35.5. The van der Waals surface area contributed by atoms with E-state index < -0.39 is 40.2 Å². The number of benzene rings is 2. The lowest BCUT2D eigenvalue weighted by molar-refractivity contribution is -0.139. The van der Waals surface area contributed by atoms with Crippen LogP contribution in [0.2, 0.25) is 5.02 Å². The third-order valence-corrected chi connectivity index (χ3v) is 6.95. The van der Waals surface area contributed by atoms with E-state index >= 15 is 0 Å². The second-order valence-corrected chi connectivity index (χ2v) is 10.7. The van der Waals surface area contributed by atoms with Crippen molar-refractivity contribution in [3.63, 3.8) is 0 Å². The van der Waals surface area contributed by atoms with Gasteiger partial charge in [-0.05, 0) is 51.0 Å². The molecule has 0 aromatic heterocycles. The van der Waals surface area contributed by atoms with Crippen LogP contribution in [0, 0.1) is 12.7 Å². The van der Waals surface area contributed by atoms with Crippen LogP contribution in [0.5, 0.6) is 0 Å². The molecule has 0 saturated heterocycles. The fourth-order valence-electron chi connectivity index (χ4n) is 3.30. The zero-order valence-electron chi connectivity index (χ0n) is 20.0. The van der Waals surface area contributed by atoms with Crippen LogP contribution in [0.15, 0.2) is 42.5 Å². The molecule has 0 saturated carbocycles. The average molecular weight is 512 g/mol. The van der Waals surface area contributed by atoms with E-state index in [9.17, 15) is 22.4 Å². The van der Waals surface area contributed by atoms with Gasteiger partial charge >= 0.3 is 0 Å². The molecule has 10 heteroatoms. The Bertz CT molecular complexity index is 1140. The van der Waals surface area contributed by atoms with E-state index in [0.29, 0.717) is 17.0 Å². The molecule has 0 heterocycles. The van der Waals surface area contributed by atoms with Crippen LogP contribution in [0.25, 0.3) is 0 Å². The van der Waals surface area contributed by atoms with Crippen molar-refractivity contribution in [1.82, 2.24) is 10.2 Å². The summed E-state index contributed by atoms with van der Waals surface area (Å²) in [7, 11) is -3.88. The normalized spacial score (nSPS) is 13.1. The van der Waals surface area contributed by atoms with Crippen LogP contribution in [-0.4, -0.2) is 50.0 Å². The SMILES string of the molecule is CC[C@@H](C)NC(=O)[C@@H](C)N(Cc1ccccc1F)C(=O)CN(c1cc(Cl)ccc1C)S(C)(=O)=O. The van der Waals surface area contributed by atoms with Crippen molar-refractivity contribution < 1.29 is 22.4 Å². The average Bonchev–Trinajstić information content (AvgIpc) is 2.77. The van der Waals surface area contributed by atoms with E-state index in [1.807, 2.05) is 13.8 Å². The van der Waals surface area contributed by atoms with E-state index in [1.165, 1.54) is 36.1 Å². The third kappa shape index (κ3) is 7.17. The molecule has 0 fully saturated rings. The van der Waals surface area contributed by atoms with Gasteiger partial charge in [-0.1, -0.05) is 42.8 Å². The van der Waals surface area contributed by atoms with Gasteiger partial charge in [0.25, 0.3) is 0 Å². The van der Waals surface area contributed by atoms with Crippen molar-refractivity contribution in [2.45, 2.75) is 52.7 Å². The summed E-state index contributed by atoms with van der Waals surface area (Å²) in [4.78, 5) is 27.5. The topological polar surface area (TPSA) is 86.8 Å². The second-order valence-electron chi connectivity index (χ2n) is 8.31. The predicted molar refractivity (Wildman–Crippen MR) is 133 cm³/mol. The van der Waals surface area contributed by atoms with Crippen molar-refractivity contribution in [1.29, 1.82) is 0 Å². The van der Waals surface area contributed by atoms with E-state index in [0.717, 1.165) is 10.6 Å². The molecule has 0 spiro atoms. The maximum absolute atomic E-state index is 14.4. The van der Waals surface area contributed by atoms with Crippen LogP contribution in [0.3, 0.4) is 0 Å². The quantitative estimate of drug-likeness (QED) is 0.524. The molecule has 2 aromatic carbocycles. The highest BCUT2D eigenvalue weighted by Crippen LogP contribution is 2.27. The molecule has 2 aromatic rings. The Morgan fingerprint density at radius 3 is 2.38 bits per heavy atom. The molecular weight excluding hydrogens is 481 g/mol. The molecular formula is C24H31ClFN3O4S. The Kier molecular flexibility index (Phi) is 9.46. The summed E-state index contributed by atoms with van der Waals surface area (Å²) < 4.78 is 40.6. The Balaban J connectivity index is 2.45. The molecule has 0 unspecified atom stereocenters. The van der Waals surface area contributed by atoms with E-state index in [4.69, 9.17) is 11.6 Å². The van der Waals surface area contributed by atoms with Gasteiger partial charge in [-0.25, -0.2) is 12.8 Å². The van der Waals surface area contributed by atoms with Crippen molar-refractivity contribution in [3.8, 4) is 0 Å². The number of sulfonamides is 1. The van der Waals surface area contributed by atoms with Gasteiger partial charge in [-0.15, -0.1) is 0 Å². The summed E-state index contributed by atoms with van der Waals surface area (Å²) in [5, 5.41) is 3.13.